The summed E-state index contributed by atoms with van der Waals surface area (Å²) in [6, 6.07) is 6.97. The van der Waals surface area contributed by atoms with Gasteiger partial charge in [-0.2, -0.15) is 9.29 Å². The van der Waals surface area contributed by atoms with E-state index < -0.39 is 10.0 Å². The van der Waals surface area contributed by atoms with E-state index in [1.54, 1.807) is 19.1 Å². The van der Waals surface area contributed by atoms with Gasteiger partial charge in [0.1, 0.15) is 5.82 Å². The molecule has 2 aromatic rings. The molecule has 0 bridgehead atoms. The summed E-state index contributed by atoms with van der Waals surface area (Å²) in [6.45, 7) is 7.77. The second kappa shape index (κ2) is 8.08. The van der Waals surface area contributed by atoms with Gasteiger partial charge in [0.25, 0.3) is 0 Å². The second-order valence-electron chi connectivity index (χ2n) is 7.66. The summed E-state index contributed by atoms with van der Waals surface area (Å²) in [6.07, 6.45) is 2.35. The number of sulfonamides is 1. The summed E-state index contributed by atoms with van der Waals surface area (Å²) in [7, 11) is -3.57. The number of aryl methyl sites for hydroxylation is 2. The number of hydrogen-bond acceptors (Lipinski definition) is 6. The Balaban J connectivity index is 1.50. The minimum absolute atomic E-state index is 0.285. The fourth-order valence-electron chi connectivity index (χ4n) is 3.91. The van der Waals surface area contributed by atoms with E-state index in [0.717, 1.165) is 30.5 Å². The molecule has 0 saturated carbocycles. The van der Waals surface area contributed by atoms with E-state index in [2.05, 4.69) is 14.8 Å². The van der Waals surface area contributed by atoms with Gasteiger partial charge in [-0.05, 0) is 44.4 Å². The lowest BCUT2D eigenvalue weighted by Crippen LogP contribution is -2.49. The van der Waals surface area contributed by atoms with Gasteiger partial charge in [0.05, 0.1) is 4.90 Å². The number of aromatic nitrogens is 2. The number of anilines is 2. The van der Waals surface area contributed by atoms with E-state index in [-0.39, 0.29) is 4.90 Å². The highest BCUT2D eigenvalue weighted by Gasteiger charge is 2.30. The van der Waals surface area contributed by atoms with Crippen LogP contribution in [-0.2, 0) is 10.0 Å². The van der Waals surface area contributed by atoms with Crippen molar-refractivity contribution >= 4 is 33.4 Å². The molecule has 156 valence electrons. The minimum atomic E-state index is -3.57. The minimum Gasteiger partial charge on any atom is -0.354 e. The Morgan fingerprint density at radius 2 is 1.59 bits per heavy atom. The van der Waals surface area contributed by atoms with E-state index in [1.807, 2.05) is 13.0 Å². The molecule has 0 atom stereocenters. The maximum absolute atomic E-state index is 13.1. The summed E-state index contributed by atoms with van der Waals surface area (Å²) < 4.78 is 27.7. The van der Waals surface area contributed by atoms with Gasteiger partial charge < -0.3 is 9.80 Å². The molecule has 0 radical (unpaired) electrons. The van der Waals surface area contributed by atoms with Crippen molar-refractivity contribution in [1.82, 2.24) is 14.3 Å². The Kier molecular flexibility index (Phi) is 5.68. The van der Waals surface area contributed by atoms with Gasteiger partial charge in [-0.1, -0.05) is 17.7 Å². The summed E-state index contributed by atoms with van der Waals surface area (Å²) in [5.74, 6) is 1.65. The molecule has 0 aliphatic carbocycles. The van der Waals surface area contributed by atoms with Crippen molar-refractivity contribution in [2.24, 2.45) is 0 Å². The average molecular weight is 436 g/mol. The number of piperazine rings is 1. The van der Waals surface area contributed by atoms with E-state index >= 15 is 0 Å². The molecule has 4 rings (SSSR count). The topological polar surface area (TPSA) is 69.6 Å². The van der Waals surface area contributed by atoms with Crippen LogP contribution in [0.1, 0.15) is 24.1 Å². The number of rotatable bonds is 4. The molecule has 0 spiro atoms. The molecular formula is C20H26ClN5O2S. The second-order valence-corrected chi connectivity index (χ2v) is 10.0. The molecule has 29 heavy (non-hydrogen) atoms. The number of hydrogen-bond donors (Lipinski definition) is 0. The first-order valence-electron chi connectivity index (χ1n) is 9.96. The average Bonchev–Trinajstić information content (AvgIpc) is 3.24. The molecule has 7 nitrogen and oxygen atoms in total. The quantitative estimate of drug-likeness (QED) is 0.735. The highest BCUT2D eigenvalue weighted by molar-refractivity contribution is 7.89. The third-order valence-electron chi connectivity index (χ3n) is 5.55. The Morgan fingerprint density at radius 3 is 2.28 bits per heavy atom. The van der Waals surface area contributed by atoms with Crippen LogP contribution in [0.2, 0.25) is 5.02 Å². The fraction of sp³-hybridized carbons (Fsp3) is 0.500. The molecule has 2 aliphatic rings. The van der Waals surface area contributed by atoms with Gasteiger partial charge in [0, 0.05) is 56.1 Å². The van der Waals surface area contributed by atoms with E-state index in [0.29, 0.717) is 36.8 Å². The normalized spacial score (nSPS) is 18.4. The molecule has 1 aromatic heterocycles. The first-order valence-corrected chi connectivity index (χ1v) is 11.8. The monoisotopic (exact) mass is 435 g/mol. The van der Waals surface area contributed by atoms with Crippen molar-refractivity contribution in [3.05, 3.63) is 40.5 Å². The zero-order valence-corrected chi connectivity index (χ0v) is 18.4. The summed E-state index contributed by atoms with van der Waals surface area (Å²) in [4.78, 5) is 14.0. The molecule has 0 N–H and O–H groups in total. The van der Waals surface area contributed by atoms with Crippen LogP contribution in [0.4, 0.5) is 11.8 Å². The maximum atomic E-state index is 13.1. The lowest BCUT2D eigenvalue weighted by atomic mass is 10.2. The molecule has 3 heterocycles. The molecule has 0 unspecified atom stereocenters. The fourth-order valence-corrected chi connectivity index (χ4v) is 5.82. The summed E-state index contributed by atoms with van der Waals surface area (Å²) in [5, 5.41) is 0.429. The zero-order valence-electron chi connectivity index (χ0n) is 16.8. The lowest BCUT2D eigenvalue weighted by molar-refractivity contribution is 0.383. The van der Waals surface area contributed by atoms with E-state index in [4.69, 9.17) is 16.6 Å². The van der Waals surface area contributed by atoms with Crippen molar-refractivity contribution in [3.63, 3.8) is 0 Å². The molecule has 0 amide bonds. The first kappa shape index (κ1) is 20.4. The predicted molar refractivity (Wildman–Crippen MR) is 115 cm³/mol. The van der Waals surface area contributed by atoms with Gasteiger partial charge in [0.2, 0.25) is 16.0 Å². The Labute approximate surface area is 177 Å². The standard InChI is InChI=1S/C20H26ClN5O2S/c1-15-5-6-17(21)14-18(15)29(27,28)26-11-9-24(10-12-26)19-13-16(2)22-20(23-19)25-7-3-4-8-25/h5-6,13-14H,3-4,7-12H2,1-2H3. The predicted octanol–water partition coefficient (Wildman–Crippen LogP) is 2.86. The maximum Gasteiger partial charge on any atom is 0.243 e. The Hall–Kier alpha value is -1.90. The molecular weight excluding hydrogens is 410 g/mol. The zero-order chi connectivity index (χ0) is 20.6. The highest BCUT2D eigenvalue weighted by Crippen LogP contribution is 2.26. The van der Waals surface area contributed by atoms with Crippen LogP contribution in [-0.4, -0.2) is 62.0 Å². The molecule has 2 saturated heterocycles. The van der Waals surface area contributed by atoms with Gasteiger partial charge in [-0.3, -0.25) is 0 Å². The summed E-state index contributed by atoms with van der Waals surface area (Å²) >= 11 is 6.04. The van der Waals surface area contributed by atoms with Gasteiger partial charge >= 0.3 is 0 Å². The van der Waals surface area contributed by atoms with Crippen LogP contribution in [0.5, 0.6) is 0 Å². The van der Waals surface area contributed by atoms with Crippen molar-refractivity contribution < 1.29 is 8.42 Å². The third-order valence-corrected chi connectivity index (χ3v) is 7.82. The van der Waals surface area contributed by atoms with Gasteiger partial charge in [-0.15, -0.1) is 0 Å². The van der Waals surface area contributed by atoms with Crippen LogP contribution in [0.3, 0.4) is 0 Å². The largest absolute Gasteiger partial charge is 0.354 e. The Bertz CT molecular complexity index is 1000. The molecule has 2 fully saturated rings. The van der Waals surface area contributed by atoms with Crippen molar-refractivity contribution in [1.29, 1.82) is 0 Å². The van der Waals surface area contributed by atoms with Crippen LogP contribution in [0.25, 0.3) is 0 Å². The smallest absolute Gasteiger partial charge is 0.243 e. The van der Waals surface area contributed by atoms with Crippen LogP contribution in [0.15, 0.2) is 29.2 Å². The van der Waals surface area contributed by atoms with E-state index in [9.17, 15) is 8.42 Å². The molecule has 2 aliphatic heterocycles. The Morgan fingerprint density at radius 1 is 0.897 bits per heavy atom. The lowest BCUT2D eigenvalue weighted by Gasteiger charge is -2.35. The number of nitrogens with zero attached hydrogens (tertiary/aromatic N) is 5. The van der Waals surface area contributed by atoms with Crippen LogP contribution >= 0.6 is 11.6 Å². The van der Waals surface area contributed by atoms with Gasteiger partial charge in [0.15, 0.2) is 0 Å². The third kappa shape index (κ3) is 4.20. The number of halogens is 1. The first-order chi connectivity index (χ1) is 13.8. The van der Waals surface area contributed by atoms with Crippen LogP contribution in [0, 0.1) is 13.8 Å². The molecule has 9 heteroatoms. The van der Waals surface area contributed by atoms with E-state index in [1.165, 1.54) is 23.2 Å². The number of benzene rings is 1. The highest BCUT2D eigenvalue weighted by atomic mass is 35.5. The van der Waals surface area contributed by atoms with Crippen molar-refractivity contribution in [3.8, 4) is 0 Å². The molecule has 1 aromatic carbocycles. The van der Waals surface area contributed by atoms with Crippen molar-refractivity contribution in [2.75, 3.05) is 49.1 Å². The SMILES string of the molecule is Cc1cc(N2CCN(S(=O)(=O)c3cc(Cl)ccc3C)CC2)nc(N2CCCC2)n1. The van der Waals surface area contributed by atoms with Crippen LogP contribution < -0.4 is 9.80 Å². The van der Waals surface area contributed by atoms with Gasteiger partial charge in [-0.25, -0.2) is 13.4 Å². The summed E-state index contributed by atoms with van der Waals surface area (Å²) in [5.41, 5.74) is 1.64. The van der Waals surface area contributed by atoms with Crippen molar-refractivity contribution in [2.45, 2.75) is 31.6 Å².